The second kappa shape index (κ2) is 8.33. The summed E-state index contributed by atoms with van der Waals surface area (Å²) in [5.74, 6) is 0.882. The van der Waals surface area contributed by atoms with Gasteiger partial charge in [0.1, 0.15) is 10.6 Å². The number of thiocarbonyl (C=S) groups is 1. The molecular weight excluding hydrogens is 358 g/mol. The van der Waals surface area contributed by atoms with Crippen molar-refractivity contribution in [1.82, 2.24) is 9.62 Å². The molecule has 0 bridgehead atoms. The first-order valence-electron chi connectivity index (χ1n) is 8.43. The van der Waals surface area contributed by atoms with Crippen molar-refractivity contribution in [2.24, 2.45) is 5.92 Å². The summed E-state index contributed by atoms with van der Waals surface area (Å²) >= 11 is 5.41. The number of ether oxygens (including phenoxy) is 1. The first kappa shape index (κ1) is 19.9. The molecule has 0 aromatic heterocycles. The normalized spacial score (nSPS) is 21.0. The molecule has 25 heavy (non-hydrogen) atoms. The van der Waals surface area contributed by atoms with Crippen LogP contribution in [-0.4, -0.2) is 45.1 Å². The molecule has 6 nitrogen and oxygen atoms in total. The second-order valence-corrected chi connectivity index (χ2v) is 9.15. The number of rotatable bonds is 5. The molecule has 0 spiro atoms. The van der Waals surface area contributed by atoms with Crippen LogP contribution in [0.2, 0.25) is 0 Å². The highest BCUT2D eigenvalue weighted by Gasteiger charge is 2.24. The van der Waals surface area contributed by atoms with E-state index in [0.29, 0.717) is 28.5 Å². The summed E-state index contributed by atoms with van der Waals surface area (Å²) in [5.41, 5.74) is 0.613. The van der Waals surface area contributed by atoms with Crippen LogP contribution in [0.25, 0.3) is 0 Å². The maximum Gasteiger partial charge on any atom is 0.246 e. The van der Waals surface area contributed by atoms with E-state index in [1.165, 1.54) is 40.5 Å². The Balaban J connectivity index is 2.16. The van der Waals surface area contributed by atoms with Crippen LogP contribution in [0.3, 0.4) is 0 Å². The predicted octanol–water partition coefficient (Wildman–Crippen LogP) is 2.81. The highest BCUT2D eigenvalue weighted by molar-refractivity contribution is 7.89. The van der Waals surface area contributed by atoms with Gasteiger partial charge in [0.25, 0.3) is 0 Å². The monoisotopic (exact) mass is 385 g/mol. The van der Waals surface area contributed by atoms with Gasteiger partial charge in [0, 0.05) is 25.8 Å². The summed E-state index contributed by atoms with van der Waals surface area (Å²) in [6.45, 7) is 2.23. The van der Waals surface area contributed by atoms with Crippen molar-refractivity contribution in [1.29, 1.82) is 0 Å². The zero-order valence-electron chi connectivity index (χ0n) is 15.2. The predicted molar refractivity (Wildman–Crippen MR) is 105 cm³/mol. The molecule has 1 fully saturated rings. The lowest BCUT2D eigenvalue weighted by molar-refractivity contribution is 0.309. The number of nitrogens with one attached hydrogen (secondary N) is 2. The van der Waals surface area contributed by atoms with E-state index in [1.54, 1.807) is 18.2 Å². The average molecular weight is 386 g/mol. The van der Waals surface area contributed by atoms with Crippen LogP contribution in [0.4, 0.5) is 5.69 Å². The highest BCUT2D eigenvalue weighted by atomic mass is 32.2. The van der Waals surface area contributed by atoms with Crippen molar-refractivity contribution >= 4 is 33.0 Å². The van der Waals surface area contributed by atoms with Crippen molar-refractivity contribution in [2.45, 2.75) is 43.5 Å². The largest absolute Gasteiger partial charge is 0.495 e. The standard InChI is InChI=1S/C17H27N3O3S2/c1-12-7-5-6-8-14(12)19-17(24)18-13-9-10-15(23-4)16(11-13)25(21,22)20(2)3/h9-12,14H,5-8H2,1-4H3,(H2,18,19,24)/t12-,14-/m0/s1. The van der Waals surface area contributed by atoms with Gasteiger partial charge in [-0.25, -0.2) is 12.7 Å². The Hall–Kier alpha value is -1.38. The minimum absolute atomic E-state index is 0.110. The number of sulfonamides is 1. The third-order valence-corrected chi connectivity index (χ3v) is 6.66. The van der Waals surface area contributed by atoms with Crippen LogP contribution in [0.15, 0.2) is 23.1 Å². The van der Waals surface area contributed by atoms with E-state index in [2.05, 4.69) is 17.6 Å². The molecule has 0 amide bonds. The van der Waals surface area contributed by atoms with E-state index >= 15 is 0 Å². The van der Waals surface area contributed by atoms with Gasteiger partial charge in [-0.2, -0.15) is 0 Å². The minimum Gasteiger partial charge on any atom is -0.495 e. The molecule has 1 aliphatic carbocycles. The Morgan fingerprint density at radius 1 is 1.28 bits per heavy atom. The fourth-order valence-corrected chi connectivity index (χ4v) is 4.36. The molecule has 0 radical (unpaired) electrons. The van der Waals surface area contributed by atoms with E-state index in [4.69, 9.17) is 17.0 Å². The van der Waals surface area contributed by atoms with Crippen LogP contribution in [0.1, 0.15) is 32.6 Å². The van der Waals surface area contributed by atoms with Gasteiger partial charge in [-0.3, -0.25) is 0 Å². The summed E-state index contributed by atoms with van der Waals surface area (Å²) in [7, 11) is 0.826. The van der Waals surface area contributed by atoms with Gasteiger partial charge in [0.05, 0.1) is 7.11 Å². The van der Waals surface area contributed by atoms with Gasteiger partial charge in [0.2, 0.25) is 10.0 Å². The van der Waals surface area contributed by atoms with Crippen molar-refractivity contribution < 1.29 is 13.2 Å². The topological polar surface area (TPSA) is 70.7 Å². The number of nitrogens with zero attached hydrogens (tertiary/aromatic N) is 1. The molecule has 1 aromatic rings. The Morgan fingerprint density at radius 3 is 2.56 bits per heavy atom. The molecule has 0 aliphatic heterocycles. The van der Waals surface area contributed by atoms with Gasteiger partial charge in [-0.15, -0.1) is 0 Å². The summed E-state index contributed by atoms with van der Waals surface area (Å²) < 4.78 is 31.3. The lowest BCUT2D eigenvalue weighted by atomic mass is 9.86. The smallest absolute Gasteiger partial charge is 0.246 e. The Bertz CT molecular complexity index is 720. The van der Waals surface area contributed by atoms with Gasteiger partial charge < -0.3 is 15.4 Å². The van der Waals surface area contributed by atoms with E-state index in [0.717, 1.165) is 10.7 Å². The molecule has 1 aliphatic rings. The number of hydrogen-bond donors (Lipinski definition) is 2. The molecule has 0 unspecified atom stereocenters. The van der Waals surface area contributed by atoms with E-state index < -0.39 is 10.0 Å². The van der Waals surface area contributed by atoms with Gasteiger partial charge in [-0.1, -0.05) is 19.8 Å². The lowest BCUT2D eigenvalue weighted by Gasteiger charge is -2.30. The molecule has 2 atom stereocenters. The summed E-state index contributed by atoms with van der Waals surface area (Å²) in [6.07, 6.45) is 4.78. The van der Waals surface area contributed by atoms with Crippen LogP contribution < -0.4 is 15.4 Å². The fraction of sp³-hybridized carbons (Fsp3) is 0.588. The third-order valence-electron chi connectivity index (χ3n) is 4.61. The van der Waals surface area contributed by atoms with Gasteiger partial charge in [-0.05, 0) is 49.2 Å². The van der Waals surface area contributed by atoms with Crippen LogP contribution in [0, 0.1) is 5.92 Å². The molecule has 1 aromatic carbocycles. The van der Waals surface area contributed by atoms with E-state index in [1.807, 2.05) is 0 Å². The number of hydrogen-bond acceptors (Lipinski definition) is 4. The zero-order valence-corrected chi connectivity index (χ0v) is 16.8. The first-order valence-corrected chi connectivity index (χ1v) is 10.3. The Labute approximate surface area is 156 Å². The number of methoxy groups -OCH3 is 1. The van der Waals surface area contributed by atoms with Crippen LogP contribution >= 0.6 is 12.2 Å². The molecule has 1 saturated carbocycles. The summed E-state index contributed by atoms with van der Waals surface area (Å²) in [6, 6.07) is 5.29. The van der Waals surface area contributed by atoms with Gasteiger partial charge in [0.15, 0.2) is 5.11 Å². The van der Waals surface area contributed by atoms with Gasteiger partial charge >= 0.3 is 0 Å². The van der Waals surface area contributed by atoms with Crippen LogP contribution in [-0.2, 0) is 10.0 Å². The Kier molecular flexibility index (Phi) is 6.65. The molecular formula is C17H27N3O3S2. The quantitative estimate of drug-likeness (QED) is 0.760. The van der Waals surface area contributed by atoms with Crippen molar-refractivity contribution in [3.63, 3.8) is 0 Å². The third kappa shape index (κ3) is 4.83. The molecule has 0 saturated heterocycles. The second-order valence-electron chi connectivity index (χ2n) is 6.62. The van der Waals surface area contributed by atoms with Crippen molar-refractivity contribution in [3.05, 3.63) is 18.2 Å². The molecule has 2 rings (SSSR count). The zero-order chi connectivity index (χ0) is 18.6. The maximum atomic E-state index is 12.5. The maximum absolute atomic E-state index is 12.5. The minimum atomic E-state index is -3.61. The summed E-state index contributed by atoms with van der Waals surface area (Å²) in [4.78, 5) is 0.110. The number of anilines is 1. The highest BCUT2D eigenvalue weighted by Crippen LogP contribution is 2.29. The van der Waals surface area contributed by atoms with E-state index in [-0.39, 0.29) is 4.90 Å². The lowest BCUT2D eigenvalue weighted by Crippen LogP contribution is -2.43. The van der Waals surface area contributed by atoms with E-state index in [9.17, 15) is 8.42 Å². The summed E-state index contributed by atoms with van der Waals surface area (Å²) in [5, 5.41) is 6.96. The van der Waals surface area contributed by atoms with Crippen molar-refractivity contribution in [2.75, 3.05) is 26.5 Å². The molecule has 0 heterocycles. The average Bonchev–Trinajstić information content (AvgIpc) is 2.56. The molecule has 2 N–H and O–H groups in total. The molecule has 140 valence electrons. The van der Waals surface area contributed by atoms with Crippen LogP contribution in [0.5, 0.6) is 5.75 Å². The fourth-order valence-electron chi connectivity index (χ4n) is 3.02. The van der Waals surface area contributed by atoms with Crippen molar-refractivity contribution in [3.8, 4) is 5.75 Å². The first-order chi connectivity index (χ1) is 11.8. The SMILES string of the molecule is COc1ccc(NC(=S)N[C@H]2CCCC[C@@H]2C)cc1S(=O)(=O)N(C)C. The Morgan fingerprint density at radius 2 is 1.96 bits per heavy atom. The molecule has 8 heteroatoms. The number of benzene rings is 1.